The van der Waals surface area contributed by atoms with Crippen LogP contribution in [0.5, 0.6) is 11.8 Å². The van der Waals surface area contributed by atoms with E-state index in [1.165, 1.54) is 12.3 Å². The summed E-state index contributed by atoms with van der Waals surface area (Å²) in [6.45, 7) is 0.759. The molecule has 6 nitrogen and oxygen atoms in total. The van der Waals surface area contributed by atoms with Crippen LogP contribution < -0.4 is 9.47 Å². The molecular weight excluding hydrogens is 457 g/mol. The summed E-state index contributed by atoms with van der Waals surface area (Å²) in [6.07, 6.45) is -3.32. The van der Waals surface area contributed by atoms with E-state index in [0.717, 1.165) is 17.6 Å². The Morgan fingerprint density at radius 1 is 1.18 bits per heavy atom. The summed E-state index contributed by atoms with van der Waals surface area (Å²) < 4.78 is 52.5. The molecule has 0 N–H and O–H groups in total. The lowest BCUT2D eigenvalue weighted by atomic mass is 10.1. The average Bonchev–Trinajstić information content (AvgIpc) is 3.34. The molecule has 1 aliphatic heterocycles. The highest BCUT2D eigenvalue weighted by Gasteiger charge is 2.31. The van der Waals surface area contributed by atoms with Gasteiger partial charge in [0.05, 0.1) is 46.7 Å². The zero-order valence-electron chi connectivity index (χ0n) is 16.8. The van der Waals surface area contributed by atoms with Gasteiger partial charge in [0.15, 0.2) is 6.10 Å². The highest BCUT2D eigenvalue weighted by atomic mass is 35.5. The molecule has 0 aliphatic carbocycles. The molecule has 5 rings (SSSR count). The maximum absolute atomic E-state index is 13.0. The third-order valence-corrected chi connectivity index (χ3v) is 5.57. The number of rotatable bonds is 4. The Labute approximate surface area is 190 Å². The topological polar surface area (TPSA) is 73.0 Å². The fourth-order valence-corrected chi connectivity index (χ4v) is 3.85. The molecule has 0 saturated heterocycles. The summed E-state index contributed by atoms with van der Waals surface area (Å²) in [5.74, 6) is 0.443. The highest BCUT2D eigenvalue weighted by Crippen LogP contribution is 2.35. The minimum Gasteiger partial charge on any atom is -0.488 e. The molecule has 166 valence electrons. The molecule has 1 aliphatic rings. The Balaban J connectivity index is 1.26. The van der Waals surface area contributed by atoms with Gasteiger partial charge < -0.3 is 9.47 Å². The van der Waals surface area contributed by atoms with E-state index >= 15 is 0 Å². The minimum atomic E-state index is -4.47. The molecule has 33 heavy (non-hydrogen) atoms. The van der Waals surface area contributed by atoms with Gasteiger partial charge >= 0.3 is 6.18 Å². The molecule has 0 spiro atoms. The number of ether oxygens (including phenoxy) is 2. The van der Waals surface area contributed by atoms with Gasteiger partial charge in [-0.2, -0.15) is 23.4 Å². The highest BCUT2D eigenvalue weighted by molar-refractivity contribution is 6.33. The fourth-order valence-electron chi connectivity index (χ4n) is 3.63. The first kappa shape index (κ1) is 21.1. The first-order valence-corrected chi connectivity index (χ1v) is 10.2. The second kappa shape index (κ2) is 7.98. The Kier molecular flexibility index (Phi) is 5.10. The van der Waals surface area contributed by atoms with Crippen LogP contribution in [-0.4, -0.2) is 27.2 Å². The Morgan fingerprint density at radius 2 is 2.03 bits per heavy atom. The summed E-state index contributed by atoms with van der Waals surface area (Å²) in [5.41, 5.74) is 1.79. The number of nitrogens with zero attached hydrogens (tertiary/aromatic N) is 4. The van der Waals surface area contributed by atoms with Crippen molar-refractivity contribution in [2.75, 3.05) is 6.61 Å². The van der Waals surface area contributed by atoms with Crippen LogP contribution in [0.1, 0.15) is 11.1 Å². The molecule has 1 atom stereocenters. The Morgan fingerprint density at radius 3 is 2.76 bits per heavy atom. The third kappa shape index (κ3) is 4.05. The van der Waals surface area contributed by atoms with E-state index in [2.05, 4.69) is 16.0 Å². The van der Waals surface area contributed by atoms with Crippen LogP contribution in [0.15, 0.2) is 54.7 Å². The average molecular weight is 471 g/mol. The van der Waals surface area contributed by atoms with Crippen LogP contribution in [0.2, 0.25) is 5.02 Å². The normalized spacial score (nSPS) is 15.2. The number of pyridine rings is 1. The van der Waals surface area contributed by atoms with Gasteiger partial charge in [-0.3, -0.25) is 9.55 Å². The van der Waals surface area contributed by atoms with E-state index in [1.807, 2.05) is 10.6 Å². The van der Waals surface area contributed by atoms with Gasteiger partial charge in [-0.15, -0.1) is 0 Å². The summed E-state index contributed by atoms with van der Waals surface area (Å²) in [5, 5.41) is 9.19. The van der Waals surface area contributed by atoms with Crippen molar-refractivity contribution in [3.63, 3.8) is 0 Å². The van der Waals surface area contributed by atoms with E-state index < -0.39 is 11.7 Å². The first-order chi connectivity index (χ1) is 15.8. The molecule has 0 unspecified atom stereocenters. The minimum absolute atomic E-state index is 0.173. The van der Waals surface area contributed by atoms with E-state index in [4.69, 9.17) is 26.3 Å². The van der Waals surface area contributed by atoms with Crippen molar-refractivity contribution in [3.8, 4) is 29.1 Å². The van der Waals surface area contributed by atoms with Gasteiger partial charge in [0, 0.05) is 10.6 Å². The van der Waals surface area contributed by atoms with E-state index in [1.54, 1.807) is 24.3 Å². The predicted octanol–water partition coefficient (Wildman–Crippen LogP) is 5.48. The van der Waals surface area contributed by atoms with Gasteiger partial charge in [0.1, 0.15) is 12.4 Å². The number of imidazole rings is 1. The maximum atomic E-state index is 13.0. The van der Waals surface area contributed by atoms with Gasteiger partial charge in [-0.1, -0.05) is 11.6 Å². The third-order valence-electron chi connectivity index (χ3n) is 5.24. The molecule has 4 aromatic rings. The molecule has 0 saturated carbocycles. The summed E-state index contributed by atoms with van der Waals surface area (Å²) in [7, 11) is 0. The first-order valence-electron chi connectivity index (χ1n) is 9.85. The Hall–Kier alpha value is -3.77. The lowest BCUT2D eigenvalue weighted by Gasteiger charge is -2.13. The van der Waals surface area contributed by atoms with E-state index in [9.17, 15) is 13.2 Å². The van der Waals surface area contributed by atoms with E-state index in [0.29, 0.717) is 35.1 Å². The lowest BCUT2D eigenvalue weighted by Crippen LogP contribution is -2.23. The number of benzene rings is 2. The second-order valence-corrected chi connectivity index (χ2v) is 7.85. The summed E-state index contributed by atoms with van der Waals surface area (Å²) in [6, 6.07) is 14.1. The largest absolute Gasteiger partial charge is 0.488 e. The fraction of sp³-hybridized carbons (Fsp3) is 0.174. The van der Waals surface area contributed by atoms with Crippen molar-refractivity contribution < 1.29 is 22.6 Å². The standard InChI is InChI=1S/C23H14ClF3N4O2/c24-18-4-2-14(23(25,26)27)8-17(18)19-5-3-15(10-29-19)32-12-16-11-31-21-6-1-13(9-28)7-20(21)30-22(31)33-16/h1-8,10,16H,11-12H2/t16-/m0/s1. The zero-order chi connectivity index (χ0) is 23.2. The smallest absolute Gasteiger partial charge is 0.416 e. The molecule has 3 heterocycles. The zero-order valence-corrected chi connectivity index (χ0v) is 17.6. The van der Waals surface area contributed by atoms with Crippen molar-refractivity contribution in [1.82, 2.24) is 14.5 Å². The van der Waals surface area contributed by atoms with Gasteiger partial charge in [0.25, 0.3) is 6.01 Å². The Bertz CT molecular complexity index is 1390. The molecule has 2 aromatic carbocycles. The van der Waals surface area contributed by atoms with Gasteiger partial charge in [0.2, 0.25) is 0 Å². The van der Waals surface area contributed by atoms with Crippen molar-refractivity contribution in [1.29, 1.82) is 5.26 Å². The molecule has 0 amide bonds. The molecule has 2 aromatic heterocycles. The summed E-state index contributed by atoms with van der Waals surface area (Å²) in [4.78, 5) is 8.62. The van der Waals surface area contributed by atoms with Crippen LogP contribution in [0, 0.1) is 11.3 Å². The number of aromatic nitrogens is 3. The quantitative estimate of drug-likeness (QED) is 0.395. The number of hydrogen-bond acceptors (Lipinski definition) is 5. The number of alkyl halides is 3. The van der Waals surface area contributed by atoms with Crippen molar-refractivity contribution >= 4 is 22.6 Å². The van der Waals surface area contributed by atoms with Crippen molar-refractivity contribution in [2.24, 2.45) is 0 Å². The number of nitriles is 1. The molecule has 0 bridgehead atoms. The van der Waals surface area contributed by atoms with Crippen molar-refractivity contribution in [2.45, 2.75) is 18.8 Å². The molecule has 10 heteroatoms. The van der Waals surface area contributed by atoms with E-state index in [-0.39, 0.29) is 23.3 Å². The van der Waals surface area contributed by atoms with Crippen LogP contribution in [0.3, 0.4) is 0 Å². The maximum Gasteiger partial charge on any atom is 0.416 e. The lowest BCUT2D eigenvalue weighted by molar-refractivity contribution is -0.137. The van der Waals surface area contributed by atoms with Crippen LogP contribution >= 0.6 is 11.6 Å². The predicted molar refractivity (Wildman–Crippen MR) is 114 cm³/mol. The number of halogens is 4. The molecule has 0 fully saturated rings. The van der Waals surface area contributed by atoms with Crippen LogP contribution in [0.4, 0.5) is 13.2 Å². The number of hydrogen-bond donors (Lipinski definition) is 0. The van der Waals surface area contributed by atoms with Crippen LogP contribution in [-0.2, 0) is 12.7 Å². The van der Waals surface area contributed by atoms with Crippen LogP contribution in [0.25, 0.3) is 22.3 Å². The van der Waals surface area contributed by atoms with Gasteiger partial charge in [-0.05, 0) is 48.5 Å². The number of fused-ring (bicyclic) bond motifs is 3. The molecule has 0 radical (unpaired) electrons. The molecular formula is C23H14ClF3N4O2. The van der Waals surface area contributed by atoms with Crippen molar-refractivity contribution in [3.05, 3.63) is 70.9 Å². The summed E-state index contributed by atoms with van der Waals surface area (Å²) >= 11 is 6.08. The second-order valence-electron chi connectivity index (χ2n) is 7.44. The van der Waals surface area contributed by atoms with Gasteiger partial charge in [-0.25, -0.2) is 0 Å². The monoisotopic (exact) mass is 470 g/mol. The SMILES string of the molecule is N#Cc1ccc2c(c1)nc1n2C[C@@H](COc2ccc(-c3cc(C(F)(F)F)ccc3Cl)nc2)O1.